The molecule has 3 heteroatoms. The van der Waals surface area contributed by atoms with E-state index < -0.39 is 0 Å². The van der Waals surface area contributed by atoms with Gasteiger partial charge in [-0.25, -0.2) is 0 Å². The minimum absolute atomic E-state index is 0.108. The summed E-state index contributed by atoms with van der Waals surface area (Å²) < 4.78 is 0. The molecule has 0 spiro atoms. The van der Waals surface area contributed by atoms with Crippen molar-refractivity contribution in [1.82, 2.24) is 9.99 Å². The van der Waals surface area contributed by atoms with Gasteiger partial charge in [0.05, 0.1) is 18.5 Å². The Morgan fingerprint density at radius 3 is 2.45 bits per heavy atom. The summed E-state index contributed by atoms with van der Waals surface area (Å²) in [5.41, 5.74) is 12.3. The smallest absolute Gasteiger partial charge is 0.0666 e. The van der Waals surface area contributed by atoms with Crippen LogP contribution in [0.25, 0.3) is 16.8 Å². The quantitative estimate of drug-likeness (QED) is 0.419. The Labute approximate surface area is 198 Å². The second-order valence-corrected chi connectivity index (χ2v) is 9.99. The summed E-state index contributed by atoms with van der Waals surface area (Å²) in [7, 11) is 0. The van der Waals surface area contributed by atoms with Crippen molar-refractivity contribution in [3.63, 3.8) is 0 Å². The number of fused-ring (bicyclic) bond motifs is 1. The standard InChI is InChI=1S/C30H35N3/c1-8-23-15-22(10-11-28(23)24-12-13-31-27(9-2)17-24)19-33-21(4)29-20(3)14-26(30(5,6)7)16-25(29)18-32-33/h10-18H,4,8-9,19H2,1-3,5-7H3. The van der Waals surface area contributed by atoms with Crippen molar-refractivity contribution in [2.45, 2.75) is 66.3 Å². The van der Waals surface area contributed by atoms with Crippen LogP contribution in [0.15, 0.2) is 60.3 Å². The van der Waals surface area contributed by atoms with Crippen LogP contribution in [-0.2, 0) is 24.8 Å². The van der Waals surface area contributed by atoms with Gasteiger partial charge in [0.25, 0.3) is 0 Å². The first kappa shape index (κ1) is 23.0. The maximum Gasteiger partial charge on any atom is 0.0666 e. The summed E-state index contributed by atoms with van der Waals surface area (Å²) >= 11 is 0. The van der Waals surface area contributed by atoms with Crippen molar-refractivity contribution >= 4 is 11.9 Å². The molecule has 0 saturated heterocycles. The molecule has 3 aromatic rings. The van der Waals surface area contributed by atoms with Crippen LogP contribution in [0, 0.1) is 6.92 Å². The van der Waals surface area contributed by atoms with Crippen molar-refractivity contribution in [1.29, 1.82) is 0 Å². The van der Waals surface area contributed by atoms with Crippen LogP contribution in [0.2, 0.25) is 0 Å². The van der Waals surface area contributed by atoms with Crippen LogP contribution < -0.4 is 0 Å². The molecule has 4 rings (SSSR count). The van der Waals surface area contributed by atoms with Crippen molar-refractivity contribution in [3.05, 3.63) is 94.3 Å². The molecule has 33 heavy (non-hydrogen) atoms. The highest BCUT2D eigenvalue weighted by Gasteiger charge is 2.23. The summed E-state index contributed by atoms with van der Waals surface area (Å²) in [5, 5.41) is 6.80. The largest absolute Gasteiger partial charge is 0.261 e. The third kappa shape index (κ3) is 4.64. The lowest BCUT2D eigenvalue weighted by molar-refractivity contribution is 0.414. The Kier molecular flexibility index (Phi) is 6.25. The molecule has 0 atom stereocenters. The summed E-state index contributed by atoms with van der Waals surface area (Å²) in [6, 6.07) is 15.6. The number of pyridine rings is 1. The number of nitrogens with zero attached hydrogens (tertiary/aromatic N) is 3. The van der Waals surface area contributed by atoms with Gasteiger partial charge in [-0.3, -0.25) is 9.99 Å². The highest BCUT2D eigenvalue weighted by molar-refractivity contribution is 5.91. The van der Waals surface area contributed by atoms with E-state index in [2.05, 4.69) is 95.6 Å². The first-order valence-corrected chi connectivity index (χ1v) is 11.9. The van der Waals surface area contributed by atoms with E-state index in [0.29, 0.717) is 6.54 Å². The molecule has 170 valence electrons. The van der Waals surface area contributed by atoms with Gasteiger partial charge in [0.1, 0.15) is 0 Å². The minimum Gasteiger partial charge on any atom is -0.261 e. The van der Waals surface area contributed by atoms with Gasteiger partial charge >= 0.3 is 0 Å². The average molecular weight is 438 g/mol. The van der Waals surface area contributed by atoms with Crippen LogP contribution >= 0.6 is 0 Å². The first-order valence-electron chi connectivity index (χ1n) is 11.9. The molecule has 0 radical (unpaired) electrons. The van der Waals surface area contributed by atoms with E-state index in [1.165, 1.54) is 38.9 Å². The van der Waals surface area contributed by atoms with Gasteiger partial charge in [-0.2, -0.15) is 5.10 Å². The van der Waals surface area contributed by atoms with Crippen LogP contribution in [0.5, 0.6) is 0 Å². The molecule has 2 heterocycles. The second-order valence-electron chi connectivity index (χ2n) is 9.99. The van der Waals surface area contributed by atoms with E-state index >= 15 is 0 Å². The van der Waals surface area contributed by atoms with Crippen LogP contribution in [0.4, 0.5) is 0 Å². The predicted octanol–water partition coefficient (Wildman–Crippen LogP) is 7.30. The zero-order chi connectivity index (χ0) is 23.8. The third-order valence-electron chi connectivity index (χ3n) is 6.54. The molecule has 1 aromatic heterocycles. The topological polar surface area (TPSA) is 28.5 Å². The van der Waals surface area contributed by atoms with E-state index in [1.54, 1.807) is 0 Å². The maximum absolute atomic E-state index is 4.77. The monoisotopic (exact) mass is 437 g/mol. The number of aryl methyl sites for hydroxylation is 3. The molecule has 0 saturated carbocycles. The van der Waals surface area contributed by atoms with E-state index in [4.69, 9.17) is 5.10 Å². The normalized spacial score (nSPS) is 13.4. The Morgan fingerprint density at radius 2 is 1.76 bits per heavy atom. The number of hydrazone groups is 1. The fourth-order valence-electron chi connectivity index (χ4n) is 4.54. The number of hydrogen-bond acceptors (Lipinski definition) is 3. The van der Waals surface area contributed by atoms with Crippen molar-refractivity contribution in [2.24, 2.45) is 5.10 Å². The number of rotatable bonds is 5. The lowest BCUT2D eigenvalue weighted by Gasteiger charge is -2.30. The van der Waals surface area contributed by atoms with E-state index in [-0.39, 0.29) is 5.41 Å². The van der Waals surface area contributed by atoms with Gasteiger partial charge in [-0.1, -0.05) is 65.5 Å². The molecular formula is C30H35N3. The molecular weight excluding hydrogens is 402 g/mol. The third-order valence-corrected chi connectivity index (χ3v) is 6.54. The number of aromatic nitrogens is 1. The van der Waals surface area contributed by atoms with Gasteiger partial charge in [-0.05, 0) is 76.8 Å². The number of benzene rings is 2. The summed E-state index contributed by atoms with van der Waals surface area (Å²) in [4.78, 5) is 4.45. The van der Waals surface area contributed by atoms with Gasteiger partial charge in [-0.15, -0.1) is 0 Å². The SMILES string of the molecule is C=C1c2c(C)cc(C(C)(C)C)cc2C=NN1Cc1ccc(-c2ccnc(CC)c2)c(CC)c1. The molecule has 0 fully saturated rings. The summed E-state index contributed by atoms with van der Waals surface area (Å²) in [6.45, 7) is 18.4. The van der Waals surface area contributed by atoms with E-state index in [1.807, 2.05) is 17.4 Å². The van der Waals surface area contributed by atoms with E-state index in [0.717, 1.165) is 29.8 Å². The van der Waals surface area contributed by atoms with Gasteiger partial charge in [0.15, 0.2) is 0 Å². The van der Waals surface area contributed by atoms with Crippen LogP contribution in [0.3, 0.4) is 0 Å². The molecule has 0 amide bonds. The minimum atomic E-state index is 0.108. The van der Waals surface area contributed by atoms with Crippen molar-refractivity contribution < 1.29 is 0 Å². The highest BCUT2D eigenvalue weighted by atomic mass is 15.5. The molecule has 0 unspecified atom stereocenters. The molecule has 1 aliphatic rings. The molecule has 0 N–H and O–H groups in total. The average Bonchev–Trinajstić information content (AvgIpc) is 2.80. The van der Waals surface area contributed by atoms with Gasteiger partial charge in [0, 0.05) is 23.0 Å². The molecule has 2 aromatic carbocycles. The maximum atomic E-state index is 4.77. The van der Waals surface area contributed by atoms with Crippen LogP contribution in [-0.4, -0.2) is 16.2 Å². The van der Waals surface area contributed by atoms with Gasteiger partial charge in [0.2, 0.25) is 0 Å². The zero-order valence-electron chi connectivity index (χ0n) is 20.9. The Morgan fingerprint density at radius 1 is 0.970 bits per heavy atom. The van der Waals surface area contributed by atoms with Crippen molar-refractivity contribution in [3.8, 4) is 11.1 Å². The molecule has 1 aliphatic heterocycles. The summed E-state index contributed by atoms with van der Waals surface area (Å²) in [6.07, 6.45) is 5.83. The highest BCUT2D eigenvalue weighted by Crippen LogP contribution is 2.34. The predicted molar refractivity (Wildman–Crippen MR) is 140 cm³/mol. The number of hydrogen-bond donors (Lipinski definition) is 0. The molecule has 3 nitrogen and oxygen atoms in total. The Hall–Kier alpha value is -3.20. The molecule has 0 bridgehead atoms. The van der Waals surface area contributed by atoms with Gasteiger partial charge < -0.3 is 0 Å². The molecule has 0 aliphatic carbocycles. The second kappa shape index (κ2) is 8.97. The summed E-state index contributed by atoms with van der Waals surface area (Å²) in [5.74, 6) is 0. The van der Waals surface area contributed by atoms with E-state index in [9.17, 15) is 0 Å². The fourth-order valence-corrected chi connectivity index (χ4v) is 4.54. The van der Waals surface area contributed by atoms with Crippen LogP contribution in [0.1, 0.15) is 73.7 Å². The Bertz CT molecular complexity index is 1230. The van der Waals surface area contributed by atoms with Crippen molar-refractivity contribution in [2.75, 3.05) is 0 Å². The first-order chi connectivity index (χ1) is 15.7. The lowest BCUT2D eigenvalue weighted by atomic mass is 9.83. The lowest BCUT2D eigenvalue weighted by Crippen LogP contribution is -2.22. The zero-order valence-corrected chi connectivity index (χ0v) is 20.9. The Balaban J connectivity index is 1.62. The fraction of sp³-hybridized carbons (Fsp3) is 0.333.